The van der Waals surface area contributed by atoms with Crippen molar-refractivity contribution in [3.8, 4) is 11.1 Å². The van der Waals surface area contributed by atoms with E-state index in [4.69, 9.17) is 9.47 Å². The van der Waals surface area contributed by atoms with Crippen molar-refractivity contribution in [3.63, 3.8) is 0 Å². The zero-order valence-electron chi connectivity index (χ0n) is 30.7. The van der Waals surface area contributed by atoms with E-state index >= 15 is 0 Å². The lowest BCUT2D eigenvalue weighted by Gasteiger charge is -2.38. The number of hydrogen-bond acceptors (Lipinski definition) is 5. The van der Waals surface area contributed by atoms with Crippen LogP contribution in [0.25, 0.3) is 11.1 Å². The van der Waals surface area contributed by atoms with Crippen molar-refractivity contribution in [1.82, 2.24) is 10.2 Å². The summed E-state index contributed by atoms with van der Waals surface area (Å²) >= 11 is 0. The van der Waals surface area contributed by atoms with Gasteiger partial charge in [0.05, 0.1) is 18.8 Å². The van der Waals surface area contributed by atoms with E-state index in [0.717, 1.165) is 27.8 Å². The molecule has 1 aliphatic heterocycles. The number of carbonyl (C=O) groups is 1. The van der Waals surface area contributed by atoms with Crippen LogP contribution in [0.4, 0.5) is 22.0 Å². The Morgan fingerprint density at radius 2 is 1.18 bits per heavy atom. The Bertz CT molecular complexity index is 2240. The number of hydrogen-bond donors (Lipinski definition) is 2. The number of aliphatic hydroxyl groups excluding tert-OH is 1. The van der Waals surface area contributed by atoms with E-state index in [-0.39, 0.29) is 25.4 Å². The first-order valence-corrected chi connectivity index (χ1v) is 18.5. The molecule has 7 rings (SSSR count). The van der Waals surface area contributed by atoms with Crippen LogP contribution >= 0.6 is 0 Å². The number of carbonyl (C=O) groups excluding carboxylic acids is 1. The average molecular weight is 779 g/mol. The van der Waals surface area contributed by atoms with Crippen molar-refractivity contribution >= 4 is 5.91 Å². The average Bonchev–Trinajstić information content (AvgIpc) is 3.25. The van der Waals surface area contributed by atoms with E-state index in [0.29, 0.717) is 31.6 Å². The maximum absolute atomic E-state index is 14.3. The molecule has 3 atom stereocenters. The zero-order valence-corrected chi connectivity index (χ0v) is 30.7. The van der Waals surface area contributed by atoms with Gasteiger partial charge in [-0.3, -0.25) is 9.69 Å². The highest BCUT2D eigenvalue weighted by atomic mass is 19.2. The lowest BCUT2D eigenvalue weighted by Crippen LogP contribution is -2.39. The molecular weight excluding hydrogens is 740 g/mol. The Kier molecular flexibility index (Phi) is 12.5. The summed E-state index contributed by atoms with van der Waals surface area (Å²) < 4.78 is 82.9. The summed E-state index contributed by atoms with van der Waals surface area (Å²) in [6.45, 7) is 1.73. The van der Waals surface area contributed by atoms with Crippen LogP contribution in [-0.4, -0.2) is 28.6 Å². The van der Waals surface area contributed by atoms with Gasteiger partial charge >= 0.3 is 0 Å². The highest BCUT2D eigenvalue weighted by Gasteiger charge is 2.34. The van der Waals surface area contributed by atoms with E-state index in [1.54, 1.807) is 18.2 Å². The molecule has 6 nitrogen and oxygen atoms in total. The van der Waals surface area contributed by atoms with E-state index in [1.165, 1.54) is 11.1 Å². The molecule has 1 heterocycles. The van der Waals surface area contributed by atoms with Crippen LogP contribution in [0.2, 0.25) is 0 Å². The fraction of sp³-hybridized carbons (Fsp3) is 0.196. The Morgan fingerprint density at radius 3 is 1.79 bits per heavy atom. The van der Waals surface area contributed by atoms with Crippen molar-refractivity contribution < 1.29 is 41.3 Å². The second-order valence-electron chi connectivity index (χ2n) is 13.9. The van der Waals surface area contributed by atoms with Gasteiger partial charge in [0.2, 0.25) is 5.82 Å². The normalized spacial score (nSPS) is 16.8. The number of nitrogens with one attached hydrogen (secondary N) is 1. The number of aliphatic hydroxyl groups is 1. The summed E-state index contributed by atoms with van der Waals surface area (Å²) in [5, 5.41) is 11.9. The van der Waals surface area contributed by atoms with E-state index in [2.05, 4.69) is 34.5 Å². The Balaban J connectivity index is 1.12. The minimum absolute atomic E-state index is 0.0697. The van der Waals surface area contributed by atoms with Crippen LogP contribution in [0.1, 0.15) is 62.6 Å². The molecule has 0 bridgehead atoms. The van der Waals surface area contributed by atoms with Crippen molar-refractivity contribution in [2.75, 3.05) is 6.54 Å². The molecule has 57 heavy (non-hydrogen) atoms. The highest BCUT2D eigenvalue weighted by Crippen LogP contribution is 2.39. The summed E-state index contributed by atoms with van der Waals surface area (Å²) in [4.78, 5) is 15.0. The summed E-state index contributed by atoms with van der Waals surface area (Å²) in [5.74, 6) is -12.6. The second-order valence-corrected chi connectivity index (χ2v) is 13.9. The minimum atomic E-state index is -2.34. The van der Waals surface area contributed by atoms with Gasteiger partial charge in [0, 0.05) is 38.2 Å². The highest BCUT2D eigenvalue weighted by molar-refractivity contribution is 5.94. The van der Waals surface area contributed by atoms with Gasteiger partial charge in [-0.15, -0.1) is 0 Å². The molecule has 1 amide bonds. The fourth-order valence-electron chi connectivity index (χ4n) is 6.99. The molecule has 6 aromatic carbocycles. The van der Waals surface area contributed by atoms with Gasteiger partial charge in [-0.2, -0.15) is 0 Å². The zero-order chi connectivity index (χ0) is 39.9. The molecule has 0 aliphatic carbocycles. The van der Waals surface area contributed by atoms with Crippen LogP contribution < -0.4 is 5.32 Å². The summed E-state index contributed by atoms with van der Waals surface area (Å²) in [6, 6.07) is 42.9. The minimum Gasteiger partial charge on any atom is -0.392 e. The van der Waals surface area contributed by atoms with Gasteiger partial charge in [-0.1, -0.05) is 121 Å². The number of halogens is 5. The molecule has 0 spiro atoms. The van der Waals surface area contributed by atoms with Crippen LogP contribution in [0, 0.1) is 29.1 Å². The molecule has 0 saturated carbocycles. The van der Waals surface area contributed by atoms with Crippen LogP contribution in [-0.2, 0) is 35.7 Å². The standard InChI is InChI=1S/C46H39F5N2O4/c47-40-39(41(48)43(50)44(51)42(40)49)45(55)52-24-32-13-7-14-34(21-32)35-15-8-16-36(22-35)46-56-37(23-38(57-46)33-19-17-31(28-54)18-20-33)27-53(25-29-9-3-1-4-10-29)26-30-11-5-2-6-12-30/h1-22,37-38,46,54H,23-28H2,(H,52,55). The topological polar surface area (TPSA) is 71.0 Å². The van der Waals surface area contributed by atoms with E-state index in [9.17, 15) is 31.9 Å². The molecule has 1 aliphatic rings. The van der Waals surface area contributed by atoms with Gasteiger partial charge in [-0.05, 0) is 51.1 Å². The number of ether oxygens (including phenoxy) is 2. The molecule has 11 heteroatoms. The summed E-state index contributed by atoms with van der Waals surface area (Å²) in [7, 11) is 0. The molecule has 0 radical (unpaired) electrons. The van der Waals surface area contributed by atoms with Crippen LogP contribution in [0.3, 0.4) is 0 Å². The molecule has 1 saturated heterocycles. The first-order chi connectivity index (χ1) is 27.7. The van der Waals surface area contributed by atoms with E-state index < -0.39 is 46.8 Å². The van der Waals surface area contributed by atoms with Gasteiger partial charge in [0.15, 0.2) is 29.6 Å². The van der Waals surface area contributed by atoms with Crippen LogP contribution in [0.15, 0.2) is 133 Å². The number of amides is 1. The quantitative estimate of drug-likeness (QED) is 0.0695. The number of rotatable bonds is 13. The summed E-state index contributed by atoms with van der Waals surface area (Å²) in [5.41, 5.74) is 5.37. The third-order valence-electron chi connectivity index (χ3n) is 9.88. The maximum atomic E-state index is 14.3. The van der Waals surface area contributed by atoms with Crippen LogP contribution in [0.5, 0.6) is 0 Å². The van der Waals surface area contributed by atoms with Gasteiger partial charge in [-0.25, -0.2) is 22.0 Å². The number of benzene rings is 6. The smallest absolute Gasteiger partial charge is 0.257 e. The summed E-state index contributed by atoms with van der Waals surface area (Å²) in [6.07, 6.45) is -0.699. The Morgan fingerprint density at radius 1 is 0.614 bits per heavy atom. The Hall–Kier alpha value is -5.72. The molecule has 1 fully saturated rings. The number of nitrogens with zero attached hydrogens (tertiary/aromatic N) is 1. The monoisotopic (exact) mass is 778 g/mol. The first kappa shape index (κ1) is 39.5. The lowest BCUT2D eigenvalue weighted by molar-refractivity contribution is -0.253. The predicted molar refractivity (Wildman–Crippen MR) is 205 cm³/mol. The molecule has 6 aromatic rings. The van der Waals surface area contributed by atoms with Gasteiger partial charge in [0.1, 0.15) is 5.56 Å². The molecule has 292 valence electrons. The van der Waals surface area contributed by atoms with E-state index in [1.807, 2.05) is 91.0 Å². The molecule has 2 N–H and O–H groups in total. The van der Waals surface area contributed by atoms with Crippen molar-refractivity contribution in [2.24, 2.45) is 0 Å². The van der Waals surface area contributed by atoms with Gasteiger partial charge < -0.3 is 19.9 Å². The fourth-order valence-corrected chi connectivity index (χ4v) is 6.99. The van der Waals surface area contributed by atoms with Crippen molar-refractivity contribution in [1.29, 1.82) is 0 Å². The van der Waals surface area contributed by atoms with Gasteiger partial charge in [0.25, 0.3) is 5.91 Å². The maximum Gasteiger partial charge on any atom is 0.257 e. The predicted octanol–water partition coefficient (Wildman–Crippen LogP) is 9.72. The molecule has 0 aromatic heterocycles. The third kappa shape index (κ3) is 9.46. The SMILES string of the molecule is O=C(NCc1cccc(-c2cccc(C3OC(CN(Cc4ccccc4)Cc4ccccc4)CC(c4ccc(CO)cc4)O3)c2)c1)c1c(F)c(F)c(F)c(F)c1F. The third-order valence-corrected chi connectivity index (χ3v) is 9.88. The lowest BCUT2D eigenvalue weighted by atomic mass is 9.98. The van der Waals surface area contributed by atoms with Crippen molar-refractivity contribution in [3.05, 3.63) is 201 Å². The van der Waals surface area contributed by atoms with Crippen molar-refractivity contribution in [2.45, 2.75) is 51.2 Å². The molecule has 3 unspecified atom stereocenters. The Labute approximate surface area is 327 Å². The first-order valence-electron chi connectivity index (χ1n) is 18.5. The second kappa shape index (κ2) is 18.0. The largest absolute Gasteiger partial charge is 0.392 e. The molecular formula is C46H39F5N2O4.